The fourth-order valence-electron chi connectivity index (χ4n) is 4.34. The predicted octanol–water partition coefficient (Wildman–Crippen LogP) is 4.78. The Kier molecular flexibility index (Phi) is 9.58. The second kappa shape index (κ2) is 13.5. The molecule has 0 aliphatic carbocycles. The third kappa shape index (κ3) is 7.97. The molecule has 10 heteroatoms. The normalized spacial score (nSPS) is 10.9. The van der Waals surface area contributed by atoms with Gasteiger partial charge in [0.1, 0.15) is 0 Å². The van der Waals surface area contributed by atoms with Crippen molar-refractivity contribution in [3.8, 4) is 11.4 Å². The van der Waals surface area contributed by atoms with Gasteiger partial charge in [-0.15, -0.1) is 5.10 Å². The molecule has 10 nitrogen and oxygen atoms in total. The van der Waals surface area contributed by atoms with E-state index in [1.165, 1.54) is 21.4 Å². The van der Waals surface area contributed by atoms with E-state index in [2.05, 4.69) is 75.5 Å². The Morgan fingerprint density at radius 1 is 0.900 bits per heavy atom. The fourth-order valence-corrected chi connectivity index (χ4v) is 4.34. The highest BCUT2D eigenvalue weighted by Crippen LogP contribution is 2.24. The molecule has 3 N–H and O–H groups in total. The van der Waals surface area contributed by atoms with E-state index < -0.39 is 0 Å². The summed E-state index contributed by atoms with van der Waals surface area (Å²) in [4.78, 5) is 28.0. The topological polar surface area (TPSA) is 117 Å². The molecule has 0 spiro atoms. The lowest BCUT2D eigenvalue weighted by Crippen LogP contribution is -2.30. The van der Waals surface area contributed by atoms with Gasteiger partial charge < -0.3 is 20.9 Å². The number of carbonyl (C=O) groups is 2. The Morgan fingerprint density at radius 2 is 1.70 bits per heavy atom. The minimum absolute atomic E-state index is 0.309. The molecule has 0 aliphatic heterocycles. The van der Waals surface area contributed by atoms with E-state index in [9.17, 15) is 9.59 Å². The van der Waals surface area contributed by atoms with Crippen LogP contribution in [0.1, 0.15) is 39.9 Å². The van der Waals surface area contributed by atoms with Gasteiger partial charge in [0.05, 0.1) is 0 Å². The van der Waals surface area contributed by atoms with Crippen LogP contribution in [-0.4, -0.2) is 57.2 Å². The Hall–Kier alpha value is -4.57. The molecular formula is C30H36N8O2. The number of nitrogens with zero attached hydrogens (tertiary/aromatic N) is 5. The van der Waals surface area contributed by atoms with Gasteiger partial charge in [0, 0.05) is 42.6 Å². The van der Waals surface area contributed by atoms with Gasteiger partial charge in [-0.3, -0.25) is 4.79 Å². The Morgan fingerprint density at radius 3 is 2.42 bits per heavy atom. The summed E-state index contributed by atoms with van der Waals surface area (Å²) in [7, 11) is 3.82. The molecule has 0 bridgehead atoms. The molecule has 3 amide bonds. The predicted molar refractivity (Wildman–Crippen MR) is 157 cm³/mol. The van der Waals surface area contributed by atoms with Gasteiger partial charge in [0.15, 0.2) is 5.82 Å². The molecule has 0 aliphatic rings. The first-order valence-corrected chi connectivity index (χ1v) is 13.3. The summed E-state index contributed by atoms with van der Waals surface area (Å²) >= 11 is 0. The van der Waals surface area contributed by atoms with Gasteiger partial charge in [-0.1, -0.05) is 36.4 Å². The number of amides is 3. The second-order valence-corrected chi connectivity index (χ2v) is 9.99. The lowest BCUT2D eigenvalue weighted by molar-refractivity contribution is 0.102. The average Bonchev–Trinajstić information content (AvgIpc) is 3.36. The zero-order valence-electron chi connectivity index (χ0n) is 23.4. The monoisotopic (exact) mass is 540 g/mol. The molecule has 0 radical (unpaired) electrons. The summed E-state index contributed by atoms with van der Waals surface area (Å²) in [6, 6.07) is 20.5. The molecule has 0 atom stereocenters. The second-order valence-electron chi connectivity index (χ2n) is 9.99. The standard InChI is InChI=1S/C30H36N8O2/c1-21-12-13-23(16-22(21)2)20-37(3)15-9-8-14-31-30(40)33-27-18-24(28-34-35-36-38(28)4)17-25(19-27)29(39)32-26-10-6-5-7-11-26/h5-7,10-13,16-19H,8-9,14-15,20H2,1-4H3,(H,32,39)(H2,31,33,40). The SMILES string of the molecule is Cc1ccc(CN(C)CCCCNC(=O)Nc2cc(C(=O)Nc3ccccc3)cc(-c3nnnn3C)c2)cc1C. The maximum atomic E-state index is 13.0. The number of benzene rings is 3. The van der Waals surface area contributed by atoms with E-state index >= 15 is 0 Å². The number of para-hydroxylation sites is 1. The number of aryl methyl sites for hydroxylation is 3. The molecule has 0 saturated carbocycles. The largest absolute Gasteiger partial charge is 0.338 e. The number of aromatic nitrogens is 4. The van der Waals surface area contributed by atoms with Crippen molar-refractivity contribution in [3.63, 3.8) is 0 Å². The van der Waals surface area contributed by atoms with Crippen molar-refractivity contribution >= 4 is 23.3 Å². The summed E-state index contributed by atoms with van der Waals surface area (Å²) in [6.07, 6.45) is 1.81. The Labute approximate surface area is 234 Å². The van der Waals surface area contributed by atoms with Crippen LogP contribution in [0.3, 0.4) is 0 Å². The molecule has 208 valence electrons. The van der Waals surface area contributed by atoms with E-state index in [-0.39, 0.29) is 11.9 Å². The van der Waals surface area contributed by atoms with Gasteiger partial charge in [-0.05, 0) is 97.7 Å². The summed E-state index contributed by atoms with van der Waals surface area (Å²) in [5.41, 5.74) is 6.03. The van der Waals surface area contributed by atoms with Gasteiger partial charge in [-0.25, -0.2) is 9.48 Å². The smallest absolute Gasteiger partial charge is 0.319 e. The van der Waals surface area contributed by atoms with Gasteiger partial charge in [0.25, 0.3) is 5.91 Å². The number of nitrogens with one attached hydrogen (secondary N) is 3. The van der Waals surface area contributed by atoms with E-state index in [4.69, 9.17) is 0 Å². The molecule has 0 fully saturated rings. The first-order valence-electron chi connectivity index (χ1n) is 13.3. The van der Waals surface area contributed by atoms with Crippen LogP contribution in [0, 0.1) is 13.8 Å². The summed E-state index contributed by atoms with van der Waals surface area (Å²) in [5, 5.41) is 20.2. The Balaban J connectivity index is 1.31. The number of tetrazole rings is 1. The van der Waals surface area contributed by atoms with Gasteiger partial charge >= 0.3 is 6.03 Å². The van der Waals surface area contributed by atoms with Crippen LogP contribution < -0.4 is 16.0 Å². The van der Waals surface area contributed by atoms with Crippen molar-refractivity contribution in [2.45, 2.75) is 33.2 Å². The van der Waals surface area contributed by atoms with Crippen LogP contribution >= 0.6 is 0 Å². The van der Waals surface area contributed by atoms with Gasteiger partial charge in [-0.2, -0.15) is 0 Å². The van der Waals surface area contributed by atoms with Crippen molar-refractivity contribution < 1.29 is 9.59 Å². The molecule has 0 unspecified atom stereocenters. The first-order chi connectivity index (χ1) is 19.3. The molecule has 4 aromatic rings. The van der Waals surface area contributed by atoms with Crippen LogP contribution in [0.25, 0.3) is 11.4 Å². The maximum Gasteiger partial charge on any atom is 0.319 e. The Bertz CT molecular complexity index is 1450. The number of carbonyl (C=O) groups excluding carboxylic acids is 2. The van der Waals surface area contributed by atoms with Crippen LogP contribution in [0.4, 0.5) is 16.2 Å². The number of hydrogen-bond acceptors (Lipinski definition) is 6. The number of unbranched alkanes of at least 4 members (excludes halogenated alkanes) is 1. The summed E-state index contributed by atoms with van der Waals surface area (Å²) in [6.45, 7) is 6.63. The zero-order chi connectivity index (χ0) is 28.5. The third-order valence-corrected chi connectivity index (χ3v) is 6.64. The molecule has 3 aromatic carbocycles. The van der Waals surface area contributed by atoms with E-state index in [0.29, 0.717) is 34.9 Å². The van der Waals surface area contributed by atoms with Crippen molar-refractivity contribution in [1.29, 1.82) is 0 Å². The zero-order valence-corrected chi connectivity index (χ0v) is 23.4. The average molecular weight is 541 g/mol. The lowest BCUT2D eigenvalue weighted by Gasteiger charge is -2.17. The highest BCUT2D eigenvalue weighted by molar-refractivity contribution is 6.06. The number of rotatable bonds is 11. The maximum absolute atomic E-state index is 13.0. The minimum atomic E-state index is -0.342. The molecule has 1 heterocycles. The quantitative estimate of drug-likeness (QED) is 0.236. The molecular weight excluding hydrogens is 504 g/mol. The van der Waals surface area contributed by atoms with E-state index in [1.54, 1.807) is 25.2 Å². The van der Waals surface area contributed by atoms with E-state index in [1.807, 2.05) is 30.3 Å². The minimum Gasteiger partial charge on any atom is -0.338 e. The molecule has 40 heavy (non-hydrogen) atoms. The van der Waals surface area contributed by atoms with Crippen LogP contribution in [0.2, 0.25) is 0 Å². The summed E-state index contributed by atoms with van der Waals surface area (Å²) in [5.74, 6) is 0.166. The van der Waals surface area contributed by atoms with Crippen molar-refractivity contribution in [2.24, 2.45) is 7.05 Å². The van der Waals surface area contributed by atoms with Gasteiger partial charge in [0.2, 0.25) is 0 Å². The molecule has 0 saturated heterocycles. The van der Waals surface area contributed by atoms with Crippen LogP contribution in [0.5, 0.6) is 0 Å². The third-order valence-electron chi connectivity index (χ3n) is 6.64. The highest BCUT2D eigenvalue weighted by atomic mass is 16.2. The number of anilines is 2. The van der Waals surface area contributed by atoms with E-state index in [0.717, 1.165) is 25.9 Å². The van der Waals surface area contributed by atoms with Crippen LogP contribution in [-0.2, 0) is 13.6 Å². The highest BCUT2D eigenvalue weighted by Gasteiger charge is 2.15. The van der Waals surface area contributed by atoms with Crippen molar-refractivity contribution in [1.82, 2.24) is 30.4 Å². The van der Waals surface area contributed by atoms with Crippen molar-refractivity contribution in [3.05, 3.63) is 89.0 Å². The fraction of sp³-hybridized carbons (Fsp3) is 0.300. The lowest BCUT2D eigenvalue weighted by atomic mass is 10.1. The number of hydrogen-bond donors (Lipinski definition) is 3. The molecule has 4 rings (SSSR count). The first kappa shape index (κ1) is 28.4. The van der Waals surface area contributed by atoms with Crippen molar-refractivity contribution in [2.75, 3.05) is 30.8 Å². The summed E-state index contributed by atoms with van der Waals surface area (Å²) < 4.78 is 1.51. The molecule has 1 aromatic heterocycles. The van der Waals surface area contributed by atoms with Crippen LogP contribution in [0.15, 0.2) is 66.7 Å². The number of urea groups is 1.